The van der Waals surface area contributed by atoms with Gasteiger partial charge in [-0.25, -0.2) is 13.2 Å². The van der Waals surface area contributed by atoms with Crippen LogP contribution in [-0.4, -0.2) is 37.4 Å². The lowest BCUT2D eigenvalue weighted by molar-refractivity contribution is -0.124. The van der Waals surface area contributed by atoms with E-state index in [9.17, 15) is 27.6 Å². The molecule has 2 rings (SSSR count). The maximum absolute atomic E-state index is 13.6. The normalized spacial score (nSPS) is 11.3. The van der Waals surface area contributed by atoms with E-state index in [1.54, 1.807) is 18.2 Å². The number of carbonyl (C=O) groups excluding carboxylic acids is 3. The molecule has 2 aromatic carbocycles. The fourth-order valence-corrected chi connectivity index (χ4v) is 2.54. The van der Waals surface area contributed by atoms with Gasteiger partial charge in [0, 0.05) is 12.6 Å². The number of amides is 3. The maximum Gasteiger partial charge on any atom is 0.243 e. The number of rotatable bonds is 8. The van der Waals surface area contributed by atoms with Gasteiger partial charge in [-0.1, -0.05) is 0 Å². The number of benzene rings is 2. The van der Waals surface area contributed by atoms with Crippen molar-refractivity contribution in [2.75, 3.05) is 29.6 Å². The van der Waals surface area contributed by atoms with Crippen LogP contribution in [0.15, 0.2) is 30.3 Å². The zero-order chi connectivity index (χ0) is 23.1. The van der Waals surface area contributed by atoms with Crippen LogP contribution < -0.4 is 26.0 Å². The second-order valence-corrected chi connectivity index (χ2v) is 6.45. The van der Waals surface area contributed by atoms with Crippen LogP contribution in [0.2, 0.25) is 0 Å². The van der Waals surface area contributed by atoms with Gasteiger partial charge in [-0.05, 0) is 37.3 Å². The van der Waals surface area contributed by atoms with Crippen LogP contribution in [0.25, 0.3) is 0 Å². The number of anilines is 3. The topological polar surface area (TPSA) is 109 Å². The van der Waals surface area contributed by atoms with Crippen molar-refractivity contribution in [3.05, 3.63) is 47.8 Å². The zero-order valence-electron chi connectivity index (χ0n) is 16.9. The number of hydrogen-bond acceptors (Lipinski definition) is 5. The van der Waals surface area contributed by atoms with Crippen LogP contribution in [0, 0.1) is 17.5 Å². The molecule has 0 fully saturated rings. The van der Waals surface area contributed by atoms with Gasteiger partial charge in [0.25, 0.3) is 0 Å². The van der Waals surface area contributed by atoms with E-state index in [0.717, 1.165) is 6.07 Å². The minimum Gasteiger partial charge on any atom is -0.495 e. The smallest absolute Gasteiger partial charge is 0.243 e. The predicted octanol–water partition coefficient (Wildman–Crippen LogP) is 2.63. The molecule has 0 aliphatic carbocycles. The van der Waals surface area contributed by atoms with Gasteiger partial charge in [0.2, 0.25) is 17.7 Å². The van der Waals surface area contributed by atoms with Gasteiger partial charge >= 0.3 is 0 Å². The quantitative estimate of drug-likeness (QED) is 0.474. The molecule has 8 nitrogen and oxygen atoms in total. The summed E-state index contributed by atoms with van der Waals surface area (Å²) in [6, 6.07) is 5.50. The van der Waals surface area contributed by atoms with Gasteiger partial charge in [0.05, 0.1) is 25.0 Å². The summed E-state index contributed by atoms with van der Waals surface area (Å²) in [7, 11) is 1.44. The van der Waals surface area contributed by atoms with E-state index >= 15 is 0 Å². The van der Waals surface area contributed by atoms with Crippen molar-refractivity contribution in [3.63, 3.8) is 0 Å². The van der Waals surface area contributed by atoms with Crippen molar-refractivity contribution >= 4 is 34.8 Å². The third kappa shape index (κ3) is 6.36. The van der Waals surface area contributed by atoms with E-state index in [-0.39, 0.29) is 5.91 Å². The summed E-state index contributed by atoms with van der Waals surface area (Å²) in [4.78, 5) is 35.4. The zero-order valence-corrected chi connectivity index (χ0v) is 16.9. The van der Waals surface area contributed by atoms with Gasteiger partial charge in [-0.3, -0.25) is 14.4 Å². The highest BCUT2D eigenvalue weighted by Gasteiger charge is 2.18. The summed E-state index contributed by atoms with van der Waals surface area (Å²) in [6.45, 7) is 2.34. The largest absolute Gasteiger partial charge is 0.495 e. The number of halogens is 3. The van der Waals surface area contributed by atoms with Gasteiger partial charge in [0.1, 0.15) is 11.8 Å². The van der Waals surface area contributed by atoms with Gasteiger partial charge in [-0.15, -0.1) is 0 Å². The monoisotopic (exact) mass is 438 g/mol. The Hall–Kier alpha value is -3.76. The summed E-state index contributed by atoms with van der Waals surface area (Å²) in [5.74, 6) is -5.91. The van der Waals surface area contributed by atoms with E-state index in [1.165, 1.54) is 21.0 Å². The van der Waals surface area contributed by atoms with Crippen molar-refractivity contribution in [2.24, 2.45) is 0 Å². The first-order valence-electron chi connectivity index (χ1n) is 9.05. The van der Waals surface area contributed by atoms with Crippen LogP contribution in [0.4, 0.5) is 30.2 Å². The van der Waals surface area contributed by atoms with Crippen molar-refractivity contribution < 1.29 is 32.3 Å². The molecule has 0 saturated carbocycles. The third-order valence-electron chi connectivity index (χ3n) is 4.02. The maximum atomic E-state index is 13.6. The molecule has 1 unspecified atom stereocenters. The minimum atomic E-state index is -1.71. The Morgan fingerprint density at radius 1 is 1.00 bits per heavy atom. The van der Waals surface area contributed by atoms with Crippen LogP contribution in [-0.2, 0) is 14.4 Å². The van der Waals surface area contributed by atoms with E-state index in [4.69, 9.17) is 4.74 Å². The Bertz CT molecular complexity index is 1000. The van der Waals surface area contributed by atoms with E-state index in [2.05, 4.69) is 21.3 Å². The van der Waals surface area contributed by atoms with Crippen molar-refractivity contribution in [1.82, 2.24) is 5.32 Å². The fourth-order valence-electron chi connectivity index (χ4n) is 2.54. The molecule has 0 aromatic heterocycles. The Kier molecular flexibility index (Phi) is 7.83. The molecule has 0 aliphatic rings. The second-order valence-electron chi connectivity index (χ2n) is 6.45. The highest BCUT2D eigenvalue weighted by atomic mass is 19.2. The van der Waals surface area contributed by atoms with E-state index in [1.807, 2.05) is 0 Å². The fraction of sp³-hybridized carbons (Fsp3) is 0.250. The van der Waals surface area contributed by atoms with Crippen molar-refractivity contribution in [1.29, 1.82) is 0 Å². The molecule has 0 heterocycles. The number of methoxy groups -OCH3 is 1. The molecule has 11 heteroatoms. The molecule has 0 bridgehead atoms. The Morgan fingerprint density at radius 3 is 2.35 bits per heavy atom. The average Bonchev–Trinajstić information content (AvgIpc) is 2.72. The minimum absolute atomic E-state index is 0.273. The van der Waals surface area contributed by atoms with Crippen molar-refractivity contribution in [2.45, 2.75) is 19.9 Å². The van der Waals surface area contributed by atoms with Crippen LogP contribution in [0.1, 0.15) is 13.8 Å². The Balaban J connectivity index is 1.96. The van der Waals surface area contributed by atoms with Crippen LogP contribution in [0.5, 0.6) is 5.75 Å². The molecule has 0 aliphatic heterocycles. The Morgan fingerprint density at radius 2 is 1.71 bits per heavy atom. The molecular formula is C20H21F3N4O4. The highest BCUT2D eigenvalue weighted by Crippen LogP contribution is 2.28. The van der Waals surface area contributed by atoms with Crippen LogP contribution >= 0.6 is 0 Å². The number of hydrogen-bond donors (Lipinski definition) is 4. The molecule has 2 aromatic rings. The molecule has 3 amide bonds. The Labute approximate surface area is 176 Å². The average molecular weight is 438 g/mol. The summed E-state index contributed by atoms with van der Waals surface area (Å²) in [6.07, 6.45) is 0. The van der Waals surface area contributed by atoms with Gasteiger partial charge in [0.15, 0.2) is 17.5 Å². The number of nitrogens with one attached hydrogen (secondary N) is 4. The highest BCUT2D eigenvalue weighted by molar-refractivity contribution is 5.96. The summed E-state index contributed by atoms with van der Waals surface area (Å²) < 4.78 is 45.0. The first kappa shape index (κ1) is 23.5. The lowest BCUT2D eigenvalue weighted by Crippen LogP contribution is -2.41. The standard InChI is InChI=1S/C20H21F3N4O4/c1-10(25-15-8-12(26-11(2)28)4-7-16(15)31-3)20(30)24-9-17(29)27-14-6-5-13(21)18(22)19(14)23/h4-8,10,25H,9H2,1-3H3,(H,24,30)(H,26,28)(H,27,29). The number of carbonyl (C=O) groups is 3. The summed E-state index contributed by atoms with van der Waals surface area (Å²) in [5, 5.41) is 9.89. The molecule has 31 heavy (non-hydrogen) atoms. The first-order chi connectivity index (χ1) is 14.6. The lowest BCUT2D eigenvalue weighted by atomic mass is 10.2. The first-order valence-corrected chi connectivity index (χ1v) is 9.05. The lowest BCUT2D eigenvalue weighted by Gasteiger charge is -2.18. The molecule has 0 spiro atoms. The van der Waals surface area contributed by atoms with Gasteiger partial charge < -0.3 is 26.0 Å². The SMILES string of the molecule is COc1ccc(NC(C)=O)cc1NC(C)C(=O)NCC(=O)Nc1ccc(F)c(F)c1F. The summed E-state index contributed by atoms with van der Waals surface area (Å²) in [5.41, 5.74) is 0.352. The summed E-state index contributed by atoms with van der Waals surface area (Å²) >= 11 is 0. The van der Waals surface area contributed by atoms with E-state index < -0.39 is 47.5 Å². The van der Waals surface area contributed by atoms with E-state index in [0.29, 0.717) is 23.2 Å². The second kappa shape index (κ2) is 10.3. The molecule has 4 N–H and O–H groups in total. The molecule has 0 radical (unpaired) electrons. The van der Waals surface area contributed by atoms with Crippen LogP contribution in [0.3, 0.4) is 0 Å². The van der Waals surface area contributed by atoms with Crippen molar-refractivity contribution in [3.8, 4) is 5.75 Å². The molecule has 1 atom stereocenters. The van der Waals surface area contributed by atoms with Gasteiger partial charge in [-0.2, -0.15) is 0 Å². The predicted molar refractivity (Wildman–Crippen MR) is 108 cm³/mol. The molecule has 0 saturated heterocycles. The molecular weight excluding hydrogens is 417 g/mol. The molecule has 166 valence electrons. The third-order valence-corrected chi connectivity index (χ3v) is 4.02. The number of ether oxygens (including phenoxy) is 1.